The van der Waals surface area contributed by atoms with Crippen LogP contribution >= 0.6 is 0 Å². The van der Waals surface area contributed by atoms with Crippen LogP contribution in [0.1, 0.15) is 12.5 Å². The van der Waals surface area contributed by atoms with E-state index in [0.29, 0.717) is 24.7 Å². The predicted octanol–water partition coefficient (Wildman–Crippen LogP) is 2.44. The van der Waals surface area contributed by atoms with Crippen LogP contribution in [0.5, 0.6) is 11.5 Å². The Morgan fingerprint density at radius 3 is 2.54 bits per heavy atom. The predicted molar refractivity (Wildman–Crippen MR) is 93.4 cm³/mol. The lowest BCUT2D eigenvalue weighted by molar-refractivity contribution is 0.00410. The Labute approximate surface area is 151 Å². The summed E-state index contributed by atoms with van der Waals surface area (Å²) in [6, 6.07) is 10.5. The van der Waals surface area contributed by atoms with Gasteiger partial charge in [-0.3, -0.25) is 0 Å². The molecule has 2 aromatic carbocycles. The van der Waals surface area contributed by atoms with E-state index in [-0.39, 0.29) is 17.0 Å². The molecule has 3 rings (SSSR count). The fourth-order valence-electron chi connectivity index (χ4n) is 2.67. The highest BCUT2D eigenvalue weighted by atomic mass is 32.2. The molecule has 140 valence electrons. The second kappa shape index (κ2) is 7.22. The van der Waals surface area contributed by atoms with Crippen LogP contribution in [0.3, 0.4) is 0 Å². The fourth-order valence-corrected chi connectivity index (χ4v) is 3.82. The number of sulfonamides is 1. The lowest BCUT2D eigenvalue weighted by atomic mass is 9.95. The van der Waals surface area contributed by atoms with Crippen molar-refractivity contribution in [1.29, 1.82) is 0 Å². The van der Waals surface area contributed by atoms with Crippen molar-refractivity contribution in [1.82, 2.24) is 4.72 Å². The Kier molecular flexibility index (Phi) is 5.17. The molecule has 0 fully saturated rings. The van der Waals surface area contributed by atoms with Gasteiger partial charge in [0.05, 0.1) is 4.90 Å². The molecule has 1 aliphatic rings. The maximum Gasteiger partial charge on any atom is 0.240 e. The molecule has 1 unspecified atom stereocenters. The van der Waals surface area contributed by atoms with Crippen LogP contribution in [0.4, 0.5) is 4.39 Å². The van der Waals surface area contributed by atoms with Gasteiger partial charge < -0.3 is 14.2 Å². The van der Waals surface area contributed by atoms with E-state index in [0.717, 1.165) is 0 Å². The Morgan fingerprint density at radius 2 is 1.85 bits per heavy atom. The molecule has 0 aliphatic carbocycles. The maximum atomic E-state index is 14.1. The van der Waals surface area contributed by atoms with Gasteiger partial charge in [0.15, 0.2) is 11.5 Å². The number of nitrogens with one attached hydrogen (secondary N) is 1. The summed E-state index contributed by atoms with van der Waals surface area (Å²) in [5, 5.41) is 0. The molecule has 0 saturated heterocycles. The molecule has 0 amide bonds. The van der Waals surface area contributed by atoms with Gasteiger partial charge in [0.25, 0.3) is 0 Å². The summed E-state index contributed by atoms with van der Waals surface area (Å²) in [6.45, 7) is 2.27. The number of benzene rings is 2. The molecule has 1 aliphatic heterocycles. The van der Waals surface area contributed by atoms with Crippen molar-refractivity contribution in [3.63, 3.8) is 0 Å². The van der Waals surface area contributed by atoms with Gasteiger partial charge in [-0.05, 0) is 25.1 Å². The standard InChI is InChI=1S/C18H20FNO5S/c1-18(23-2,14-5-3-4-6-15(14)19)12-20-26(21,22)13-7-8-16-17(11-13)25-10-9-24-16/h3-8,11,20H,9-10,12H2,1-2H3. The van der Waals surface area contributed by atoms with Crippen molar-refractivity contribution in [2.45, 2.75) is 17.4 Å². The largest absolute Gasteiger partial charge is 0.486 e. The minimum Gasteiger partial charge on any atom is -0.486 e. The molecule has 1 N–H and O–H groups in total. The van der Waals surface area contributed by atoms with E-state index in [2.05, 4.69) is 4.72 Å². The Balaban J connectivity index is 1.82. The minimum absolute atomic E-state index is 0.0359. The van der Waals surface area contributed by atoms with Gasteiger partial charge in [-0.15, -0.1) is 0 Å². The highest BCUT2D eigenvalue weighted by Gasteiger charge is 2.31. The molecule has 0 saturated carbocycles. The van der Waals surface area contributed by atoms with Crippen LogP contribution in [0, 0.1) is 5.82 Å². The van der Waals surface area contributed by atoms with E-state index in [9.17, 15) is 12.8 Å². The smallest absolute Gasteiger partial charge is 0.240 e. The second-order valence-corrected chi connectivity index (χ2v) is 7.81. The molecule has 0 spiro atoms. The van der Waals surface area contributed by atoms with Crippen molar-refractivity contribution in [2.24, 2.45) is 0 Å². The first-order valence-electron chi connectivity index (χ1n) is 8.05. The van der Waals surface area contributed by atoms with Gasteiger partial charge in [-0.1, -0.05) is 18.2 Å². The van der Waals surface area contributed by atoms with Crippen molar-refractivity contribution < 1.29 is 27.0 Å². The van der Waals surface area contributed by atoms with E-state index >= 15 is 0 Å². The van der Waals surface area contributed by atoms with E-state index < -0.39 is 21.4 Å². The number of hydrogen-bond donors (Lipinski definition) is 1. The quantitative estimate of drug-likeness (QED) is 0.832. The summed E-state index contributed by atoms with van der Waals surface area (Å²) in [5.41, 5.74) is -0.890. The summed E-state index contributed by atoms with van der Waals surface area (Å²) < 4.78 is 58.1. The number of rotatable bonds is 6. The zero-order valence-corrected chi connectivity index (χ0v) is 15.3. The van der Waals surface area contributed by atoms with Gasteiger partial charge in [-0.2, -0.15) is 0 Å². The molecule has 0 aromatic heterocycles. The zero-order chi connectivity index (χ0) is 18.8. The third-order valence-electron chi connectivity index (χ3n) is 4.32. The van der Waals surface area contributed by atoms with Crippen molar-refractivity contribution in [3.8, 4) is 11.5 Å². The Hall–Kier alpha value is -2.16. The van der Waals surface area contributed by atoms with E-state index in [4.69, 9.17) is 14.2 Å². The Bertz CT molecular complexity index is 902. The van der Waals surface area contributed by atoms with Crippen LogP contribution in [-0.4, -0.2) is 35.3 Å². The summed E-state index contributed by atoms with van der Waals surface area (Å²) in [5.74, 6) is 0.418. The van der Waals surface area contributed by atoms with Gasteiger partial charge in [0, 0.05) is 25.3 Å². The van der Waals surface area contributed by atoms with E-state index in [1.54, 1.807) is 31.2 Å². The fraction of sp³-hybridized carbons (Fsp3) is 0.333. The third-order valence-corrected chi connectivity index (χ3v) is 5.72. The van der Waals surface area contributed by atoms with Crippen LogP contribution in [0.15, 0.2) is 47.4 Å². The lowest BCUT2D eigenvalue weighted by Gasteiger charge is -2.29. The van der Waals surface area contributed by atoms with E-state index in [1.807, 2.05) is 0 Å². The summed E-state index contributed by atoms with van der Waals surface area (Å²) >= 11 is 0. The molecule has 2 aromatic rings. The SMILES string of the molecule is COC(C)(CNS(=O)(=O)c1ccc2c(c1)OCCO2)c1ccccc1F. The highest BCUT2D eigenvalue weighted by Crippen LogP contribution is 2.32. The monoisotopic (exact) mass is 381 g/mol. The first-order chi connectivity index (χ1) is 12.4. The number of methoxy groups -OCH3 is 1. The maximum absolute atomic E-state index is 14.1. The van der Waals surface area contributed by atoms with Crippen LogP contribution in [-0.2, 0) is 20.4 Å². The molecule has 1 heterocycles. The first kappa shape index (κ1) is 18.6. The van der Waals surface area contributed by atoms with Crippen molar-refractivity contribution in [2.75, 3.05) is 26.9 Å². The number of halogens is 1. The average molecular weight is 381 g/mol. The van der Waals surface area contributed by atoms with Crippen LogP contribution in [0.25, 0.3) is 0 Å². The topological polar surface area (TPSA) is 73.9 Å². The number of fused-ring (bicyclic) bond motifs is 1. The van der Waals surface area contributed by atoms with Gasteiger partial charge in [0.1, 0.15) is 24.6 Å². The summed E-state index contributed by atoms with van der Waals surface area (Å²) in [7, 11) is -2.44. The van der Waals surface area contributed by atoms with Gasteiger partial charge >= 0.3 is 0 Å². The van der Waals surface area contributed by atoms with Crippen LogP contribution in [0.2, 0.25) is 0 Å². The summed E-state index contributed by atoms with van der Waals surface area (Å²) in [4.78, 5) is 0.0359. The molecule has 0 radical (unpaired) electrons. The zero-order valence-electron chi connectivity index (χ0n) is 14.5. The molecular formula is C18H20FNO5S. The molecule has 6 nitrogen and oxygen atoms in total. The number of ether oxygens (including phenoxy) is 3. The van der Waals surface area contributed by atoms with Crippen molar-refractivity contribution >= 4 is 10.0 Å². The first-order valence-corrected chi connectivity index (χ1v) is 9.53. The highest BCUT2D eigenvalue weighted by molar-refractivity contribution is 7.89. The lowest BCUT2D eigenvalue weighted by Crippen LogP contribution is -2.40. The number of hydrogen-bond acceptors (Lipinski definition) is 5. The Morgan fingerprint density at radius 1 is 1.15 bits per heavy atom. The molecule has 1 atom stereocenters. The molecule has 8 heteroatoms. The van der Waals surface area contributed by atoms with Crippen molar-refractivity contribution in [3.05, 3.63) is 53.8 Å². The molecule has 0 bridgehead atoms. The second-order valence-electron chi connectivity index (χ2n) is 6.04. The summed E-state index contributed by atoms with van der Waals surface area (Å²) in [6.07, 6.45) is 0. The minimum atomic E-state index is -3.85. The van der Waals surface area contributed by atoms with Gasteiger partial charge in [-0.25, -0.2) is 17.5 Å². The normalized spacial score (nSPS) is 16.1. The average Bonchev–Trinajstić information content (AvgIpc) is 2.66. The molecular weight excluding hydrogens is 361 g/mol. The molecule has 26 heavy (non-hydrogen) atoms. The third kappa shape index (κ3) is 3.67. The van der Waals surface area contributed by atoms with Crippen LogP contribution < -0.4 is 14.2 Å². The van der Waals surface area contributed by atoms with E-state index in [1.165, 1.54) is 25.3 Å². The van der Waals surface area contributed by atoms with Gasteiger partial charge in [0.2, 0.25) is 10.0 Å².